The molecule has 1 atom stereocenters. The SMILES string of the molecule is COc1cnc2[nH]cc(CC3=CNC(=NCC4C=CC(C(F)(F)F)=CC4)CC3)c2c1. The fourth-order valence-corrected chi connectivity index (χ4v) is 3.65. The molecule has 0 spiro atoms. The predicted octanol–water partition coefficient (Wildman–Crippen LogP) is 4.84. The fourth-order valence-electron chi connectivity index (χ4n) is 3.65. The lowest BCUT2D eigenvalue weighted by molar-refractivity contribution is -0.0887. The lowest BCUT2D eigenvalue weighted by Gasteiger charge is -2.19. The summed E-state index contributed by atoms with van der Waals surface area (Å²) >= 11 is 0. The molecule has 1 aliphatic heterocycles. The molecule has 5 nitrogen and oxygen atoms in total. The molecule has 0 bridgehead atoms. The Hall–Kier alpha value is -3.03. The molecule has 1 aliphatic carbocycles. The van der Waals surface area contributed by atoms with Gasteiger partial charge in [0.25, 0.3) is 0 Å². The average molecular weight is 416 g/mol. The van der Waals surface area contributed by atoms with Gasteiger partial charge in [0.15, 0.2) is 0 Å². The zero-order chi connectivity index (χ0) is 21.1. The van der Waals surface area contributed by atoms with E-state index in [0.717, 1.165) is 53.5 Å². The summed E-state index contributed by atoms with van der Waals surface area (Å²) in [4.78, 5) is 12.1. The van der Waals surface area contributed by atoms with Crippen LogP contribution >= 0.6 is 0 Å². The van der Waals surface area contributed by atoms with Crippen LogP contribution in [0, 0.1) is 5.92 Å². The van der Waals surface area contributed by atoms with E-state index >= 15 is 0 Å². The first-order valence-electron chi connectivity index (χ1n) is 9.85. The van der Waals surface area contributed by atoms with E-state index in [2.05, 4.69) is 20.3 Å². The van der Waals surface area contributed by atoms with Gasteiger partial charge in [-0.3, -0.25) is 4.99 Å². The van der Waals surface area contributed by atoms with Gasteiger partial charge in [-0.05, 0) is 36.5 Å². The molecule has 1 unspecified atom stereocenters. The summed E-state index contributed by atoms with van der Waals surface area (Å²) in [5.41, 5.74) is 2.68. The van der Waals surface area contributed by atoms with Gasteiger partial charge in [-0.2, -0.15) is 13.2 Å². The number of rotatable bonds is 5. The van der Waals surface area contributed by atoms with Crippen molar-refractivity contribution in [1.82, 2.24) is 15.3 Å². The molecule has 0 saturated carbocycles. The van der Waals surface area contributed by atoms with Gasteiger partial charge in [0.05, 0.1) is 18.9 Å². The lowest BCUT2D eigenvalue weighted by Crippen LogP contribution is -2.24. The molecule has 8 heteroatoms. The summed E-state index contributed by atoms with van der Waals surface area (Å²) in [5, 5.41) is 4.29. The molecule has 2 aromatic heterocycles. The molecule has 4 rings (SSSR count). The second kappa shape index (κ2) is 8.38. The molecule has 2 aliphatic rings. The molecule has 0 fully saturated rings. The smallest absolute Gasteiger partial charge is 0.416 e. The first kappa shape index (κ1) is 20.3. The van der Waals surface area contributed by atoms with Crippen LogP contribution in [0.5, 0.6) is 5.75 Å². The van der Waals surface area contributed by atoms with Gasteiger partial charge in [0.1, 0.15) is 17.2 Å². The highest BCUT2D eigenvalue weighted by Crippen LogP contribution is 2.31. The minimum Gasteiger partial charge on any atom is -0.495 e. The molecule has 0 amide bonds. The van der Waals surface area contributed by atoms with Gasteiger partial charge in [-0.1, -0.05) is 18.2 Å². The number of pyridine rings is 1. The normalized spacial score (nSPS) is 20.8. The molecule has 0 aromatic carbocycles. The van der Waals surface area contributed by atoms with E-state index in [1.165, 1.54) is 11.6 Å². The van der Waals surface area contributed by atoms with Crippen LogP contribution in [0.15, 0.2) is 59.0 Å². The third-order valence-electron chi connectivity index (χ3n) is 5.40. The van der Waals surface area contributed by atoms with E-state index in [1.54, 1.807) is 19.4 Å². The number of H-pyrrole nitrogens is 1. The monoisotopic (exact) mass is 416 g/mol. The van der Waals surface area contributed by atoms with Crippen LogP contribution in [0.3, 0.4) is 0 Å². The Kier molecular flexibility index (Phi) is 5.65. The number of aromatic nitrogens is 2. The minimum absolute atomic E-state index is 0.00415. The van der Waals surface area contributed by atoms with Crippen molar-refractivity contribution in [2.24, 2.45) is 10.9 Å². The first-order chi connectivity index (χ1) is 14.4. The summed E-state index contributed by atoms with van der Waals surface area (Å²) < 4.78 is 43.3. The minimum atomic E-state index is -4.27. The van der Waals surface area contributed by atoms with Gasteiger partial charge in [-0.15, -0.1) is 0 Å². The quantitative estimate of drug-likeness (QED) is 0.733. The number of alkyl halides is 3. The summed E-state index contributed by atoms with van der Waals surface area (Å²) in [7, 11) is 1.62. The molecule has 0 saturated heterocycles. The van der Waals surface area contributed by atoms with Gasteiger partial charge >= 0.3 is 6.18 Å². The number of halogens is 3. The molecular weight excluding hydrogens is 393 g/mol. The van der Waals surface area contributed by atoms with Crippen LogP contribution in [0.25, 0.3) is 11.0 Å². The van der Waals surface area contributed by atoms with Crippen molar-refractivity contribution in [1.29, 1.82) is 0 Å². The maximum absolute atomic E-state index is 12.7. The van der Waals surface area contributed by atoms with Crippen molar-refractivity contribution in [2.75, 3.05) is 13.7 Å². The second-order valence-corrected chi connectivity index (χ2v) is 7.51. The van der Waals surface area contributed by atoms with Gasteiger partial charge < -0.3 is 15.0 Å². The fraction of sp³-hybridized carbons (Fsp3) is 0.364. The number of hydrogen-bond donors (Lipinski definition) is 2. The van der Waals surface area contributed by atoms with Crippen molar-refractivity contribution in [3.63, 3.8) is 0 Å². The number of hydrogen-bond acceptors (Lipinski definition) is 3. The Labute approximate surface area is 172 Å². The van der Waals surface area contributed by atoms with E-state index in [0.29, 0.717) is 13.0 Å². The van der Waals surface area contributed by atoms with E-state index < -0.39 is 11.7 Å². The maximum atomic E-state index is 12.7. The topological polar surface area (TPSA) is 62.3 Å². The number of nitrogens with zero attached hydrogens (tertiary/aromatic N) is 2. The van der Waals surface area contributed by atoms with E-state index in [9.17, 15) is 13.2 Å². The largest absolute Gasteiger partial charge is 0.495 e. The van der Waals surface area contributed by atoms with Gasteiger partial charge in [-0.25, -0.2) is 4.98 Å². The highest BCUT2D eigenvalue weighted by atomic mass is 19.4. The summed E-state index contributed by atoms with van der Waals surface area (Å²) in [6, 6.07) is 1.98. The molecule has 3 heterocycles. The zero-order valence-electron chi connectivity index (χ0n) is 16.6. The Morgan fingerprint density at radius 2 is 2.17 bits per heavy atom. The summed E-state index contributed by atoms with van der Waals surface area (Å²) in [6.45, 7) is 0.484. The summed E-state index contributed by atoms with van der Waals surface area (Å²) in [5.74, 6) is 1.60. The third-order valence-corrected chi connectivity index (χ3v) is 5.40. The number of methoxy groups -OCH3 is 1. The maximum Gasteiger partial charge on any atom is 0.416 e. The number of ether oxygens (including phenoxy) is 1. The Morgan fingerprint density at radius 3 is 2.83 bits per heavy atom. The van der Waals surface area contributed by atoms with Crippen LogP contribution in [0.4, 0.5) is 13.2 Å². The number of aromatic amines is 1. The van der Waals surface area contributed by atoms with Crippen molar-refractivity contribution < 1.29 is 17.9 Å². The lowest BCUT2D eigenvalue weighted by atomic mass is 9.96. The molecule has 2 aromatic rings. The first-order valence-corrected chi connectivity index (χ1v) is 9.85. The average Bonchev–Trinajstić information content (AvgIpc) is 3.15. The molecule has 158 valence electrons. The number of aliphatic imine (C=N–C) groups is 1. The number of allylic oxidation sites excluding steroid dienone is 4. The highest BCUT2D eigenvalue weighted by molar-refractivity contribution is 5.85. The van der Waals surface area contributed by atoms with E-state index in [1.807, 2.05) is 18.5 Å². The van der Waals surface area contributed by atoms with Crippen molar-refractivity contribution in [3.8, 4) is 5.75 Å². The Balaban J connectivity index is 1.34. The zero-order valence-corrected chi connectivity index (χ0v) is 16.6. The van der Waals surface area contributed by atoms with Crippen LogP contribution in [0.1, 0.15) is 24.8 Å². The van der Waals surface area contributed by atoms with Gasteiger partial charge in [0, 0.05) is 36.7 Å². The van der Waals surface area contributed by atoms with Gasteiger partial charge in [0.2, 0.25) is 0 Å². The van der Waals surface area contributed by atoms with Crippen molar-refractivity contribution in [2.45, 2.75) is 31.9 Å². The third kappa shape index (κ3) is 4.58. The summed E-state index contributed by atoms with van der Waals surface area (Å²) in [6.07, 6.45) is 8.22. The molecule has 2 N–H and O–H groups in total. The molecule has 30 heavy (non-hydrogen) atoms. The standard InChI is InChI=1S/C22H23F3N4O/c1-30-18-9-19-16(12-28-21(19)29-13-18)8-15-4-7-20(27-11-15)26-10-14-2-5-17(6-3-14)22(23,24)25/h2,5-6,9,11-14H,3-4,7-8,10H2,1H3,(H,26,27)(H,28,29). The molecule has 0 radical (unpaired) electrons. The number of nitrogens with one attached hydrogen (secondary N) is 2. The van der Waals surface area contributed by atoms with Crippen LogP contribution in [-0.4, -0.2) is 35.6 Å². The van der Waals surface area contributed by atoms with Crippen molar-refractivity contribution in [3.05, 3.63) is 59.6 Å². The second-order valence-electron chi connectivity index (χ2n) is 7.51. The van der Waals surface area contributed by atoms with Crippen LogP contribution in [-0.2, 0) is 6.42 Å². The van der Waals surface area contributed by atoms with E-state index in [-0.39, 0.29) is 5.92 Å². The van der Waals surface area contributed by atoms with Crippen LogP contribution in [0.2, 0.25) is 0 Å². The van der Waals surface area contributed by atoms with Crippen LogP contribution < -0.4 is 10.1 Å². The number of fused-ring (bicyclic) bond motifs is 1. The Morgan fingerprint density at radius 1 is 1.30 bits per heavy atom. The van der Waals surface area contributed by atoms with Crippen molar-refractivity contribution >= 4 is 16.9 Å². The Bertz CT molecular complexity index is 1050. The number of amidine groups is 1. The predicted molar refractivity (Wildman–Crippen MR) is 110 cm³/mol. The molecular formula is C22H23F3N4O. The van der Waals surface area contributed by atoms with E-state index in [4.69, 9.17) is 4.74 Å². The highest BCUT2D eigenvalue weighted by Gasteiger charge is 2.32.